The molecule has 0 aliphatic carbocycles. The Balaban J connectivity index is 2.03. The molecule has 0 bridgehead atoms. The van der Waals surface area contributed by atoms with Gasteiger partial charge in [-0.2, -0.15) is 0 Å². The minimum Gasteiger partial charge on any atom is -0.353 e. The lowest BCUT2D eigenvalue weighted by Gasteiger charge is -2.18. The van der Waals surface area contributed by atoms with E-state index in [1.54, 1.807) is 4.90 Å². The van der Waals surface area contributed by atoms with Crippen LogP contribution in [0.15, 0.2) is 24.3 Å². The zero-order valence-corrected chi connectivity index (χ0v) is 13.1. The van der Waals surface area contributed by atoms with E-state index in [2.05, 4.69) is 12.2 Å². The Labute approximate surface area is 126 Å². The average molecular weight is 288 g/mol. The van der Waals surface area contributed by atoms with Crippen molar-refractivity contribution < 1.29 is 9.59 Å². The molecule has 0 saturated carbocycles. The van der Waals surface area contributed by atoms with E-state index in [1.807, 2.05) is 38.1 Å². The molecule has 4 nitrogen and oxygen atoms in total. The van der Waals surface area contributed by atoms with Gasteiger partial charge in [0.1, 0.15) is 0 Å². The third-order valence-electron chi connectivity index (χ3n) is 4.15. The molecule has 114 valence electrons. The van der Waals surface area contributed by atoms with E-state index in [-0.39, 0.29) is 23.8 Å². The molecule has 1 aromatic carbocycles. The molecule has 2 atom stereocenters. The van der Waals surface area contributed by atoms with Crippen LogP contribution in [0.3, 0.4) is 0 Å². The van der Waals surface area contributed by atoms with E-state index in [0.717, 1.165) is 18.5 Å². The number of hydrogen-bond donors (Lipinski definition) is 1. The van der Waals surface area contributed by atoms with Gasteiger partial charge in [-0.1, -0.05) is 26.0 Å². The first-order chi connectivity index (χ1) is 10.0. The molecular weight excluding hydrogens is 264 g/mol. The first-order valence-corrected chi connectivity index (χ1v) is 7.74. The normalized spacial score (nSPS) is 19.7. The maximum Gasteiger partial charge on any atom is 0.227 e. The summed E-state index contributed by atoms with van der Waals surface area (Å²) < 4.78 is 0. The van der Waals surface area contributed by atoms with Gasteiger partial charge in [0.2, 0.25) is 11.8 Å². The molecule has 1 aliphatic heterocycles. The van der Waals surface area contributed by atoms with Crippen LogP contribution in [0.1, 0.15) is 39.2 Å². The summed E-state index contributed by atoms with van der Waals surface area (Å²) in [6, 6.07) is 8.16. The molecule has 0 unspecified atom stereocenters. The predicted molar refractivity (Wildman–Crippen MR) is 84.2 cm³/mol. The second kappa shape index (κ2) is 6.74. The average Bonchev–Trinajstić information content (AvgIpc) is 2.89. The smallest absolute Gasteiger partial charge is 0.227 e. The quantitative estimate of drug-likeness (QED) is 0.905. The lowest BCUT2D eigenvalue weighted by molar-refractivity contribution is -0.126. The van der Waals surface area contributed by atoms with Crippen molar-refractivity contribution in [2.45, 2.75) is 46.1 Å². The highest BCUT2D eigenvalue weighted by atomic mass is 16.2. The van der Waals surface area contributed by atoms with Crippen LogP contribution in [0.25, 0.3) is 0 Å². The van der Waals surface area contributed by atoms with Gasteiger partial charge in [-0.25, -0.2) is 0 Å². The Bertz CT molecular complexity index is 510. The Hall–Kier alpha value is -1.84. The van der Waals surface area contributed by atoms with Gasteiger partial charge in [-0.15, -0.1) is 0 Å². The fraction of sp³-hybridized carbons (Fsp3) is 0.529. The lowest BCUT2D eigenvalue weighted by Crippen LogP contribution is -2.38. The molecule has 0 radical (unpaired) electrons. The molecular formula is C17H24N2O2. The fourth-order valence-electron chi connectivity index (χ4n) is 2.51. The zero-order valence-electron chi connectivity index (χ0n) is 13.1. The number of nitrogens with zero attached hydrogens (tertiary/aromatic N) is 1. The monoisotopic (exact) mass is 288 g/mol. The van der Waals surface area contributed by atoms with Crippen LogP contribution in [0.4, 0.5) is 5.69 Å². The zero-order chi connectivity index (χ0) is 15.4. The van der Waals surface area contributed by atoms with Crippen molar-refractivity contribution in [3.8, 4) is 0 Å². The van der Waals surface area contributed by atoms with E-state index < -0.39 is 0 Å². The Morgan fingerprint density at radius 2 is 2.00 bits per heavy atom. The van der Waals surface area contributed by atoms with Crippen LogP contribution in [0.2, 0.25) is 0 Å². The summed E-state index contributed by atoms with van der Waals surface area (Å²) in [6.45, 7) is 6.60. The van der Waals surface area contributed by atoms with Gasteiger partial charge in [0, 0.05) is 24.7 Å². The Kier molecular flexibility index (Phi) is 4.99. The first-order valence-electron chi connectivity index (χ1n) is 7.74. The summed E-state index contributed by atoms with van der Waals surface area (Å²) in [5.41, 5.74) is 2.13. The predicted octanol–water partition coefficient (Wildman–Crippen LogP) is 2.52. The summed E-state index contributed by atoms with van der Waals surface area (Å²) in [7, 11) is 0. The highest BCUT2D eigenvalue weighted by Gasteiger charge is 2.35. The lowest BCUT2D eigenvalue weighted by atomic mass is 10.1. The first kappa shape index (κ1) is 15.5. The van der Waals surface area contributed by atoms with Crippen LogP contribution < -0.4 is 10.2 Å². The van der Waals surface area contributed by atoms with Crippen LogP contribution >= 0.6 is 0 Å². The molecule has 0 aromatic heterocycles. The molecule has 2 rings (SSSR count). The highest BCUT2D eigenvalue weighted by molar-refractivity contribution is 6.00. The van der Waals surface area contributed by atoms with Crippen molar-refractivity contribution in [3.05, 3.63) is 29.8 Å². The summed E-state index contributed by atoms with van der Waals surface area (Å²) in [5, 5.41) is 2.96. The van der Waals surface area contributed by atoms with Crippen molar-refractivity contribution in [2.24, 2.45) is 5.92 Å². The van der Waals surface area contributed by atoms with Crippen molar-refractivity contribution in [2.75, 3.05) is 11.4 Å². The number of aryl methyl sites for hydroxylation is 1. The number of amides is 2. The van der Waals surface area contributed by atoms with E-state index in [9.17, 15) is 9.59 Å². The SMILES string of the molecule is CCc1ccc(N2C[C@H](C(=O)N[C@@H](C)CC)CC2=O)cc1. The fourth-order valence-corrected chi connectivity index (χ4v) is 2.51. The van der Waals surface area contributed by atoms with Gasteiger partial charge in [-0.05, 0) is 37.5 Å². The van der Waals surface area contributed by atoms with Crippen molar-refractivity contribution >= 4 is 17.5 Å². The number of carbonyl (C=O) groups is 2. The van der Waals surface area contributed by atoms with Gasteiger partial charge in [0.15, 0.2) is 0 Å². The van der Waals surface area contributed by atoms with Crippen molar-refractivity contribution in [3.63, 3.8) is 0 Å². The topological polar surface area (TPSA) is 49.4 Å². The number of anilines is 1. The second-order valence-corrected chi connectivity index (χ2v) is 5.74. The summed E-state index contributed by atoms with van der Waals surface area (Å²) >= 11 is 0. The molecule has 1 heterocycles. The standard InChI is InChI=1S/C17H24N2O2/c1-4-12(3)18-17(21)14-10-16(20)19(11-14)15-8-6-13(5-2)7-9-15/h6-9,12,14H,4-5,10-11H2,1-3H3,(H,18,21)/t12-,14+/m0/s1. The molecule has 1 N–H and O–H groups in total. The van der Waals surface area contributed by atoms with Gasteiger partial charge >= 0.3 is 0 Å². The highest BCUT2D eigenvalue weighted by Crippen LogP contribution is 2.25. The van der Waals surface area contributed by atoms with Gasteiger partial charge in [-0.3, -0.25) is 9.59 Å². The number of hydrogen-bond acceptors (Lipinski definition) is 2. The summed E-state index contributed by atoms with van der Waals surface area (Å²) in [6.07, 6.45) is 2.18. The van der Waals surface area contributed by atoms with E-state index in [1.165, 1.54) is 5.56 Å². The molecule has 21 heavy (non-hydrogen) atoms. The van der Waals surface area contributed by atoms with Gasteiger partial charge < -0.3 is 10.2 Å². The molecule has 0 spiro atoms. The maximum atomic E-state index is 12.1. The van der Waals surface area contributed by atoms with E-state index in [4.69, 9.17) is 0 Å². The van der Waals surface area contributed by atoms with Crippen LogP contribution in [0, 0.1) is 5.92 Å². The van der Waals surface area contributed by atoms with E-state index in [0.29, 0.717) is 13.0 Å². The van der Waals surface area contributed by atoms with Crippen molar-refractivity contribution in [1.29, 1.82) is 0 Å². The second-order valence-electron chi connectivity index (χ2n) is 5.74. The summed E-state index contributed by atoms with van der Waals surface area (Å²) in [5.74, 6) is -0.216. The number of carbonyl (C=O) groups excluding carboxylic acids is 2. The Morgan fingerprint density at radius 3 is 2.57 bits per heavy atom. The minimum atomic E-state index is -0.239. The van der Waals surface area contributed by atoms with Gasteiger partial charge in [0.05, 0.1) is 5.92 Å². The third-order valence-corrected chi connectivity index (χ3v) is 4.15. The van der Waals surface area contributed by atoms with Crippen LogP contribution in [-0.2, 0) is 16.0 Å². The number of benzene rings is 1. The molecule has 1 fully saturated rings. The molecule has 1 aromatic rings. The minimum absolute atomic E-state index is 0.00891. The molecule has 4 heteroatoms. The van der Waals surface area contributed by atoms with Crippen molar-refractivity contribution in [1.82, 2.24) is 5.32 Å². The molecule has 2 amide bonds. The molecule has 1 aliphatic rings. The number of nitrogens with one attached hydrogen (secondary N) is 1. The van der Waals surface area contributed by atoms with E-state index >= 15 is 0 Å². The largest absolute Gasteiger partial charge is 0.353 e. The third kappa shape index (κ3) is 3.63. The maximum absolute atomic E-state index is 12.1. The Morgan fingerprint density at radius 1 is 1.33 bits per heavy atom. The van der Waals surface area contributed by atoms with Crippen LogP contribution in [-0.4, -0.2) is 24.4 Å². The van der Waals surface area contributed by atoms with Crippen LogP contribution in [0.5, 0.6) is 0 Å². The summed E-state index contributed by atoms with van der Waals surface area (Å²) in [4.78, 5) is 26.0. The van der Waals surface area contributed by atoms with Gasteiger partial charge in [0.25, 0.3) is 0 Å². The molecule has 1 saturated heterocycles. The number of rotatable bonds is 5.